The van der Waals surface area contributed by atoms with E-state index in [1.807, 2.05) is 37.3 Å². The second kappa shape index (κ2) is 10.0. The predicted molar refractivity (Wildman–Crippen MR) is 140 cm³/mol. The minimum absolute atomic E-state index is 0.0426. The van der Waals surface area contributed by atoms with E-state index in [1.165, 1.54) is 0 Å². The number of H-pyrrole nitrogens is 1. The quantitative estimate of drug-likeness (QED) is 0.455. The molecule has 3 N–H and O–H groups in total. The van der Waals surface area contributed by atoms with Crippen LogP contribution in [-0.2, 0) is 16.0 Å². The number of aryl methyl sites for hydroxylation is 1. The highest BCUT2D eigenvalue weighted by Gasteiger charge is 2.38. The molecule has 2 aliphatic heterocycles. The van der Waals surface area contributed by atoms with Crippen molar-refractivity contribution in [1.29, 1.82) is 0 Å². The molecule has 3 heterocycles. The van der Waals surface area contributed by atoms with Gasteiger partial charge in [-0.15, -0.1) is 6.42 Å². The Morgan fingerprint density at radius 3 is 2.84 bits per heavy atom. The van der Waals surface area contributed by atoms with Crippen LogP contribution in [0, 0.1) is 25.2 Å². The maximum atomic E-state index is 13.8. The van der Waals surface area contributed by atoms with Crippen LogP contribution in [0.1, 0.15) is 46.1 Å². The standard InChI is InChI=1S/C29H30N4O4/c1-4-20(15-19-10-12-30-27(19)34)31-28(35)26-21-9-8-17(2)14-18(21)11-13-33(26)29(36)24-16-22-23(32-24)6-5-7-25(22)37-3/h1,5-9,14,16,19-20,26,32H,10-13,15H2,2-3H3,(H,30,34)(H,31,35). The number of amides is 3. The van der Waals surface area contributed by atoms with Crippen LogP contribution in [0.25, 0.3) is 10.9 Å². The van der Waals surface area contributed by atoms with Gasteiger partial charge in [-0.2, -0.15) is 0 Å². The number of aromatic amines is 1. The number of rotatable bonds is 6. The number of methoxy groups -OCH3 is 1. The van der Waals surface area contributed by atoms with Crippen LogP contribution in [0.15, 0.2) is 42.5 Å². The van der Waals surface area contributed by atoms with Gasteiger partial charge in [0.2, 0.25) is 11.8 Å². The van der Waals surface area contributed by atoms with Gasteiger partial charge in [-0.1, -0.05) is 35.7 Å². The molecule has 1 fully saturated rings. The summed E-state index contributed by atoms with van der Waals surface area (Å²) in [5, 5.41) is 6.55. The monoisotopic (exact) mass is 498 g/mol. The van der Waals surface area contributed by atoms with Crippen molar-refractivity contribution in [2.75, 3.05) is 20.2 Å². The number of terminal acetylenes is 1. The van der Waals surface area contributed by atoms with E-state index in [4.69, 9.17) is 11.2 Å². The van der Waals surface area contributed by atoms with Crippen molar-refractivity contribution >= 4 is 28.6 Å². The molecule has 0 radical (unpaired) electrons. The Hall–Kier alpha value is -4.25. The Bertz CT molecular complexity index is 1420. The molecule has 1 aromatic heterocycles. The van der Waals surface area contributed by atoms with E-state index in [0.717, 1.165) is 27.6 Å². The fourth-order valence-corrected chi connectivity index (χ4v) is 5.41. The van der Waals surface area contributed by atoms with Gasteiger partial charge in [-0.25, -0.2) is 0 Å². The molecule has 5 rings (SSSR count). The maximum Gasteiger partial charge on any atom is 0.271 e. The summed E-state index contributed by atoms with van der Waals surface area (Å²) in [5.41, 5.74) is 4.07. The lowest BCUT2D eigenvalue weighted by atomic mass is 9.90. The molecule has 37 heavy (non-hydrogen) atoms. The smallest absolute Gasteiger partial charge is 0.271 e. The van der Waals surface area contributed by atoms with E-state index in [1.54, 1.807) is 18.1 Å². The van der Waals surface area contributed by atoms with Gasteiger partial charge in [-0.3, -0.25) is 14.4 Å². The molecule has 2 aromatic carbocycles. The number of carbonyl (C=O) groups excluding carboxylic acids is 3. The van der Waals surface area contributed by atoms with Crippen LogP contribution in [0.3, 0.4) is 0 Å². The van der Waals surface area contributed by atoms with Crippen LogP contribution >= 0.6 is 0 Å². The number of hydrogen-bond acceptors (Lipinski definition) is 4. The lowest BCUT2D eigenvalue weighted by Crippen LogP contribution is -2.49. The fourth-order valence-electron chi connectivity index (χ4n) is 5.41. The molecule has 0 aliphatic carbocycles. The van der Waals surface area contributed by atoms with Crippen LogP contribution in [-0.4, -0.2) is 53.8 Å². The molecule has 2 aliphatic rings. The molecule has 8 nitrogen and oxygen atoms in total. The number of aromatic nitrogens is 1. The second-order valence-corrected chi connectivity index (χ2v) is 9.70. The third-order valence-corrected chi connectivity index (χ3v) is 7.31. The van der Waals surface area contributed by atoms with Crippen molar-refractivity contribution in [3.05, 3.63) is 64.8 Å². The summed E-state index contributed by atoms with van der Waals surface area (Å²) in [6.07, 6.45) is 7.43. The van der Waals surface area contributed by atoms with Crippen molar-refractivity contribution in [2.45, 2.75) is 38.3 Å². The lowest BCUT2D eigenvalue weighted by Gasteiger charge is -2.37. The average molecular weight is 499 g/mol. The zero-order valence-corrected chi connectivity index (χ0v) is 21.0. The Balaban J connectivity index is 1.46. The summed E-state index contributed by atoms with van der Waals surface area (Å²) in [6, 6.07) is 11.8. The fraction of sp³-hybridized carbons (Fsp3) is 0.345. The minimum Gasteiger partial charge on any atom is -0.496 e. The molecule has 190 valence electrons. The van der Waals surface area contributed by atoms with Gasteiger partial charge in [0, 0.05) is 29.9 Å². The van der Waals surface area contributed by atoms with E-state index in [9.17, 15) is 14.4 Å². The van der Waals surface area contributed by atoms with E-state index < -0.39 is 12.1 Å². The predicted octanol–water partition coefficient (Wildman–Crippen LogP) is 2.87. The molecule has 1 saturated heterocycles. The molecular weight excluding hydrogens is 468 g/mol. The highest BCUT2D eigenvalue weighted by Crippen LogP contribution is 2.33. The summed E-state index contributed by atoms with van der Waals surface area (Å²) in [4.78, 5) is 44.4. The molecule has 0 spiro atoms. The van der Waals surface area contributed by atoms with Gasteiger partial charge in [0.25, 0.3) is 5.91 Å². The van der Waals surface area contributed by atoms with Crippen LogP contribution < -0.4 is 15.4 Å². The van der Waals surface area contributed by atoms with E-state index in [-0.39, 0.29) is 23.6 Å². The summed E-state index contributed by atoms with van der Waals surface area (Å²) in [5.74, 6) is 2.37. The van der Waals surface area contributed by atoms with Crippen LogP contribution in [0.2, 0.25) is 0 Å². The molecular formula is C29H30N4O4. The summed E-state index contributed by atoms with van der Waals surface area (Å²) >= 11 is 0. The molecule has 0 saturated carbocycles. The van der Waals surface area contributed by atoms with Gasteiger partial charge < -0.3 is 25.3 Å². The zero-order valence-electron chi connectivity index (χ0n) is 21.0. The average Bonchev–Trinajstić information content (AvgIpc) is 3.52. The van der Waals surface area contributed by atoms with Gasteiger partial charge >= 0.3 is 0 Å². The molecule has 3 unspecified atom stereocenters. The van der Waals surface area contributed by atoms with Crippen molar-refractivity contribution in [3.8, 4) is 18.1 Å². The first-order valence-electron chi connectivity index (χ1n) is 12.5. The van der Waals surface area contributed by atoms with Gasteiger partial charge in [0.15, 0.2) is 0 Å². The lowest BCUT2D eigenvalue weighted by molar-refractivity contribution is -0.127. The third-order valence-electron chi connectivity index (χ3n) is 7.31. The first kappa shape index (κ1) is 24.4. The molecule has 3 aromatic rings. The first-order valence-corrected chi connectivity index (χ1v) is 12.5. The van der Waals surface area contributed by atoms with Crippen LogP contribution in [0.4, 0.5) is 0 Å². The molecule has 0 bridgehead atoms. The molecule has 3 atom stereocenters. The van der Waals surface area contributed by atoms with Crippen LogP contribution in [0.5, 0.6) is 5.75 Å². The summed E-state index contributed by atoms with van der Waals surface area (Å²) in [7, 11) is 1.59. The highest BCUT2D eigenvalue weighted by molar-refractivity contribution is 6.02. The second-order valence-electron chi connectivity index (χ2n) is 9.70. The van der Waals surface area contributed by atoms with Crippen molar-refractivity contribution in [2.24, 2.45) is 5.92 Å². The maximum absolute atomic E-state index is 13.8. The number of nitrogens with zero attached hydrogens (tertiary/aromatic N) is 1. The number of benzene rings is 2. The topological polar surface area (TPSA) is 104 Å². The van der Waals surface area contributed by atoms with E-state index in [0.29, 0.717) is 43.8 Å². The van der Waals surface area contributed by atoms with Crippen molar-refractivity contribution < 1.29 is 19.1 Å². The Morgan fingerprint density at radius 1 is 1.27 bits per heavy atom. The molecule has 8 heteroatoms. The summed E-state index contributed by atoms with van der Waals surface area (Å²) < 4.78 is 5.44. The van der Waals surface area contributed by atoms with Gasteiger partial charge in [-0.05, 0) is 55.5 Å². The SMILES string of the molecule is C#CC(CC1CCNC1=O)NC(=O)C1c2ccc(C)cc2CCN1C(=O)c1cc2c(OC)cccc2[nH]1. The van der Waals surface area contributed by atoms with E-state index >= 15 is 0 Å². The number of nitrogens with one attached hydrogen (secondary N) is 3. The molecule has 3 amide bonds. The largest absolute Gasteiger partial charge is 0.496 e. The zero-order chi connectivity index (χ0) is 26.1. The summed E-state index contributed by atoms with van der Waals surface area (Å²) in [6.45, 7) is 3.00. The Labute approximate surface area is 215 Å². The van der Waals surface area contributed by atoms with Crippen molar-refractivity contribution in [1.82, 2.24) is 20.5 Å². The number of ether oxygens (including phenoxy) is 1. The van der Waals surface area contributed by atoms with Gasteiger partial charge in [0.05, 0.1) is 13.2 Å². The van der Waals surface area contributed by atoms with Crippen molar-refractivity contribution in [3.63, 3.8) is 0 Å². The minimum atomic E-state index is -0.849. The van der Waals surface area contributed by atoms with E-state index in [2.05, 4.69) is 27.6 Å². The number of carbonyl (C=O) groups is 3. The number of fused-ring (bicyclic) bond motifs is 2. The van der Waals surface area contributed by atoms with Gasteiger partial charge in [0.1, 0.15) is 17.5 Å². The third kappa shape index (κ3) is 4.65. The Kier molecular flexibility index (Phi) is 6.62. The number of hydrogen-bond donors (Lipinski definition) is 3. The Morgan fingerprint density at radius 2 is 2.11 bits per heavy atom. The first-order chi connectivity index (χ1) is 17.9. The normalized spacial score (nSPS) is 19.6. The highest BCUT2D eigenvalue weighted by atomic mass is 16.5.